The lowest BCUT2D eigenvalue weighted by Crippen LogP contribution is -2.17. The molecule has 0 unspecified atom stereocenters. The van der Waals surface area contributed by atoms with E-state index in [1.807, 2.05) is 36.5 Å². The Balaban J connectivity index is 1.61. The highest BCUT2D eigenvalue weighted by Gasteiger charge is 2.11. The van der Waals surface area contributed by atoms with Crippen molar-refractivity contribution >= 4 is 5.82 Å². The van der Waals surface area contributed by atoms with Crippen LogP contribution in [0, 0.1) is 5.82 Å². The van der Waals surface area contributed by atoms with Gasteiger partial charge in [-0.2, -0.15) is 4.98 Å². The minimum Gasteiger partial charge on any atom is -0.459 e. The first-order valence-electron chi connectivity index (χ1n) is 6.70. The van der Waals surface area contributed by atoms with Gasteiger partial charge in [0.2, 0.25) is 0 Å². The second-order valence-corrected chi connectivity index (χ2v) is 4.70. The summed E-state index contributed by atoms with van der Waals surface area (Å²) in [5.41, 5.74) is 7.78. The van der Waals surface area contributed by atoms with Gasteiger partial charge in [0.1, 0.15) is 6.61 Å². The van der Waals surface area contributed by atoms with Crippen LogP contribution in [-0.4, -0.2) is 9.97 Å². The Morgan fingerprint density at radius 3 is 2.81 bits per heavy atom. The highest BCUT2D eigenvalue weighted by Crippen LogP contribution is 2.26. The molecule has 1 aromatic heterocycles. The second-order valence-electron chi connectivity index (χ2n) is 4.70. The van der Waals surface area contributed by atoms with E-state index >= 15 is 0 Å². The predicted octanol–water partition coefficient (Wildman–Crippen LogP) is 2.79. The van der Waals surface area contributed by atoms with E-state index in [0.29, 0.717) is 6.61 Å². The van der Waals surface area contributed by atoms with Crippen LogP contribution < -0.4 is 15.6 Å². The lowest BCUT2D eigenvalue weighted by atomic mass is 10.2. The van der Waals surface area contributed by atoms with Crippen LogP contribution in [0.15, 0.2) is 48.3 Å². The van der Waals surface area contributed by atoms with Gasteiger partial charge in [-0.25, -0.2) is 9.37 Å². The summed E-state index contributed by atoms with van der Waals surface area (Å²) in [5, 5.41) is 0. The van der Waals surface area contributed by atoms with Crippen LogP contribution in [0.4, 0.5) is 10.2 Å². The monoisotopic (exact) mass is 286 g/mol. The van der Waals surface area contributed by atoms with E-state index in [4.69, 9.17) is 4.74 Å². The molecule has 0 spiro atoms. The maximum atomic E-state index is 13.6. The lowest BCUT2D eigenvalue weighted by molar-refractivity contribution is 0.280. The number of hydrazine groups is 1. The van der Waals surface area contributed by atoms with Gasteiger partial charge >= 0.3 is 6.01 Å². The highest BCUT2D eigenvalue weighted by atomic mass is 19.1. The van der Waals surface area contributed by atoms with Gasteiger partial charge in [0, 0.05) is 6.20 Å². The van der Waals surface area contributed by atoms with E-state index in [9.17, 15) is 4.39 Å². The molecule has 0 saturated heterocycles. The summed E-state index contributed by atoms with van der Waals surface area (Å²) in [6.45, 7) is 0.337. The van der Waals surface area contributed by atoms with Gasteiger partial charge in [0.25, 0.3) is 0 Å². The zero-order valence-corrected chi connectivity index (χ0v) is 11.3. The Hall–Kier alpha value is -2.63. The van der Waals surface area contributed by atoms with Crippen molar-refractivity contribution in [3.8, 4) is 6.01 Å². The van der Waals surface area contributed by atoms with E-state index < -0.39 is 5.82 Å². The number of ether oxygens (including phenoxy) is 1. The van der Waals surface area contributed by atoms with Gasteiger partial charge in [0.15, 0.2) is 11.6 Å². The van der Waals surface area contributed by atoms with Gasteiger partial charge in [-0.1, -0.05) is 35.9 Å². The number of hydrogen-bond acceptors (Lipinski definition) is 5. The standard InChI is InChI=1S/C15H15FN4O/c16-13-9-17-15(21-10-12-4-2-1-3-5-12)19-14(13)20-18-8-11-6-7-11/h1-5,8-9,18H,6-7,10H2,(H,17,19,20). The van der Waals surface area contributed by atoms with Gasteiger partial charge in [-0.15, -0.1) is 0 Å². The van der Waals surface area contributed by atoms with Crippen molar-refractivity contribution in [2.24, 2.45) is 0 Å². The second kappa shape index (κ2) is 6.21. The summed E-state index contributed by atoms with van der Waals surface area (Å²) < 4.78 is 19.0. The van der Waals surface area contributed by atoms with Crippen molar-refractivity contribution in [3.63, 3.8) is 0 Å². The Labute approximate surface area is 121 Å². The quantitative estimate of drug-likeness (QED) is 0.800. The lowest BCUT2D eigenvalue weighted by Gasteiger charge is -2.08. The van der Waals surface area contributed by atoms with E-state index in [-0.39, 0.29) is 11.8 Å². The van der Waals surface area contributed by atoms with E-state index in [1.165, 1.54) is 5.57 Å². The molecular formula is C15H15FN4O. The third-order valence-corrected chi connectivity index (χ3v) is 2.94. The summed E-state index contributed by atoms with van der Waals surface area (Å²) in [6, 6.07) is 9.78. The first-order valence-corrected chi connectivity index (χ1v) is 6.70. The first kappa shape index (κ1) is 13.4. The molecule has 1 heterocycles. The number of benzene rings is 1. The number of nitrogens with zero attached hydrogens (tertiary/aromatic N) is 2. The molecule has 6 heteroatoms. The van der Waals surface area contributed by atoms with Crippen molar-refractivity contribution in [2.75, 3.05) is 5.43 Å². The normalized spacial score (nSPS) is 12.7. The molecule has 5 nitrogen and oxygen atoms in total. The minimum absolute atomic E-state index is 0.0607. The van der Waals surface area contributed by atoms with Crippen molar-refractivity contribution in [2.45, 2.75) is 19.4 Å². The summed E-state index contributed by atoms with van der Waals surface area (Å²) in [4.78, 5) is 7.81. The van der Waals surface area contributed by atoms with Crippen LogP contribution in [-0.2, 0) is 6.61 Å². The molecule has 1 saturated carbocycles. The molecular weight excluding hydrogens is 271 g/mol. The Kier molecular flexibility index (Phi) is 3.95. The molecule has 3 rings (SSSR count). The fourth-order valence-corrected chi connectivity index (χ4v) is 1.65. The Morgan fingerprint density at radius 1 is 1.24 bits per heavy atom. The molecule has 1 aliphatic carbocycles. The number of nitrogens with one attached hydrogen (secondary N) is 2. The maximum Gasteiger partial charge on any atom is 0.318 e. The van der Waals surface area contributed by atoms with Gasteiger partial charge in [0.05, 0.1) is 6.20 Å². The predicted molar refractivity (Wildman–Crippen MR) is 76.8 cm³/mol. The zero-order chi connectivity index (χ0) is 14.5. The molecule has 0 atom stereocenters. The van der Waals surface area contributed by atoms with Crippen LogP contribution >= 0.6 is 0 Å². The number of allylic oxidation sites excluding steroid dienone is 1. The molecule has 0 amide bonds. The summed E-state index contributed by atoms with van der Waals surface area (Å²) in [6.07, 6.45) is 5.08. The Bertz CT molecular complexity index is 639. The molecule has 1 aromatic carbocycles. The maximum absolute atomic E-state index is 13.6. The minimum atomic E-state index is -0.538. The molecule has 21 heavy (non-hydrogen) atoms. The zero-order valence-electron chi connectivity index (χ0n) is 11.3. The summed E-state index contributed by atoms with van der Waals surface area (Å²) >= 11 is 0. The molecule has 0 radical (unpaired) electrons. The molecule has 0 aliphatic heterocycles. The molecule has 0 bridgehead atoms. The smallest absolute Gasteiger partial charge is 0.318 e. The summed E-state index contributed by atoms with van der Waals surface area (Å²) in [7, 11) is 0. The van der Waals surface area contributed by atoms with E-state index in [2.05, 4.69) is 20.8 Å². The molecule has 1 aliphatic rings. The largest absolute Gasteiger partial charge is 0.459 e. The van der Waals surface area contributed by atoms with Crippen molar-refractivity contribution in [1.29, 1.82) is 0 Å². The van der Waals surface area contributed by atoms with Crippen molar-refractivity contribution < 1.29 is 9.13 Å². The van der Waals surface area contributed by atoms with Crippen molar-refractivity contribution in [3.05, 3.63) is 59.7 Å². The van der Waals surface area contributed by atoms with Crippen molar-refractivity contribution in [1.82, 2.24) is 15.4 Å². The fraction of sp³-hybridized carbons (Fsp3) is 0.200. The molecule has 2 aromatic rings. The fourth-order valence-electron chi connectivity index (χ4n) is 1.65. The van der Waals surface area contributed by atoms with Crippen LogP contribution in [0.2, 0.25) is 0 Å². The van der Waals surface area contributed by atoms with Crippen LogP contribution in [0.5, 0.6) is 6.01 Å². The summed E-state index contributed by atoms with van der Waals surface area (Å²) in [5.74, 6) is -0.477. The van der Waals surface area contributed by atoms with E-state index in [1.54, 1.807) is 0 Å². The number of anilines is 1. The van der Waals surface area contributed by atoms with E-state index in [0.717, 1.165) is 24.6 Å². The van der Waals surface area contributed by atoms with Gasteiger partial charge in [-0.3, -0.25) is 5.43 Å². The number of aromatic nitrogens is 2. The van der Waals surface area contributed by atoms with Gasteiger partial charge in [-0.05, 0) is 18.4 Å². The van der Waals surface area contributed by atoms with Crippen LogP contribution in [0.3, 0.4) is 0 Å². The molecule has 108 valence electrons. The number of hydrogen-bond donors (Lipinski definition) is 2. The van der Waals surface area contributed by atoms with Gasteiger partial charge < -0.3 is 10.2 Å². The SMILES string of the molecule is Fc1cnc(OCc2ccccc2)nc1NNC=C1CC1. The average molecular weight is 286 g/mol. The molecule has 1 fully saturated rings. The number of rotatable bonds is 6. The number of halogens is 1. The van der Waals surface area contributed by atoms with Crippen LogP contribution in [0.1, 0.15) is 18.4 Å². The molecule has 2 N–H and O–H groups in total. The topological polar surface area (TPSA) is 59.1 Å². The Morgan fingerprint density at radius 2 is 2.05 bits per heavy atom. The third kappa shape index (κ3) is 3.92. The highest BCUT2D eigenvalue weighted by molar-refractivity contribution is 5.35. The first-order chi connectivity index (χ1) is 10.3. The average Bonchev–Trinajstić information content (AvgIpc) is 3.33. The third-order valence-electron chi connectivity index (χ3n) is 2.94. The van der Waals surface area contributed by atoms with Crippen LogP contribution in [0.25, 0.3) is 0 Å².